The average Bonchev–Trinajstić information content (AvgIpc) is 2.15. The Morgan fingerprint density at radius 2 is 1.88 bits per heavy atom. The predicted octanol–water partition coefficient (Wildman–Crippen LogP) is 1.47. The zero-order valence-electron chi connectivity index (χ0n) is 9.80. The molecule has 0 aliphatic carbocycles. The van der Waals surface area contributed by atoms with Gasteiger partial charge in [0.25, 0.3) is 0 Å². The maximum absolute atomic E-state index is 11.4. The molecule has 6 nitrogen and oxygen atoms in total. The van der Waals surface area contributed by atoms with Crippen molar-refractivity contribution in [2.24, 2.45) is 5.41 Å². The van der Waals surface area contributed by atoms with E-state index < -0.39 is 13.2 Å². The number of carbonyl (C=O) groups is 1. The van der Waals surface area contributed by atoms with Crippen molar-refractivity contribution < 1.29 is 28.4 Å². The van der Waals surface area contributed by atoms with Crippen molar-refractivity contribution in [3.8, 4) is 0 Å². The first-order valence-corrected chi connectivity index (χ1v) is 6.59. The molecule has 2 N–H and O–H groups in total. The molecule has 0 heterocycles. The van der Waals surface area contributed by atoms with E-state index in [1.54, 1.807) is 13.8 Å². The molecule has 0 aliphatic rings. The molecular weight excluding hydrogens is 235 g/mol. The second kappa shape index (κ2) is 6.35. The smallest absolute Gasteiger partial charge is 0.465 e. The van der Waals surface area contributed by atoms with E-state index in [9.17, 15) is 9.36 Å². The summed E-state index contributed by atoms with van der Waals surface area (Å²) in [4.78, 5) is 28.2. The number of phosphoric ester groups is 1. The summed E-state index contributed by atoms with van der Waals surface area (Å²) in [6, 6.07) is 0. The highest BCUT2D eigenvalue weighted by Gasteiger charge is 2.26. The van der Waals surface area contributed by atoms with Crippen molar-refractivity contribution in [2.75, 3.05) is 13.2 Å². The molecule has 96 valence electrons. The number of phosphoric acid groups is 1. The zero-order chi connectivity index (χ0) is 12.8. The van der Waals surface area contributed by atoms with E-state index in [2.05, 4.69) is 4.52 Å². The van der Waals surface area contributed by atoms with Crippen molar-refractivity contribution in [1.29, 1.82) is 0 Å². The van der Waals surface area contributed by atoms with E-state index in [0.29, 0.717) is 6.42 Å². The largest absolute Gasteiger partial charge is 0.469 e. The van der Waals surface area contributed by atoms with Crippen LogP contribution in [0.25, 0.3) is 0 Å². The molecule has 0 bridgehead atoms. The highest BCUT2D eigenvalue weighted by atomic mass is 31.2. The fourth-order valence-corrected chi connectivity index (χ4v) is 1.11. The Morgan fingerprint density at radius 3 is 2.31 bits per heavy atom. The molecule has 16 heavy (non-hydrogen) atoms. The van der Waals surface area contributed by atoms with Crippen LogP contribution in [0.4, 0.5) is 0 Å². The number of hydrogen-bond acceptors (Lipinski definition) is 4. The Kier molecular flexibility index (Phi) is 6.18. The van der Waals surface area contributed by atoms with Gasteiger partial charge in [0, 0.05) is 6.42 Å². The van der Waals surface area contributed by atoms with Crippen LogP contribution < -0.4 is 0 Å². The van der Waals surface area contributed by atoms with Crippen LogP contribution >= 0.6 is 7.82 Å². The minimum absolute atomic E-state index is 0.0995. The van der Waals surface area contributed by atoms with E-state index in [4.69, 9.17) is 14.5 Å². The summed E-state index contributed by atoms with van der Waals surface area (Å²) in [6.07, 6.45) is 0.932. The lowest BCUT2D eigenvalue weighted by molar-refractivity contribution is -0.154. The van der Waals surface area contributed by atoms with Crippen LogP contribution in [-0.2, 0) is 18.6 Å². The third kappa shape index (κ3) is 6.95. The van der Waals surface area contributed by atoms with Gasteiger partial charge in [0.2, 0.25) is 0 Å². The fourth-order valence-electron chi connectivity index (χ4n) is 0.747. The first-order chi connectivity index (χ1) is 7.19. The highest BCUT2D eigenvalue weighted by Crippen LogP contribution is 2.35. The maximum Gasteiger partial charge on any atom is 0.469 e. The third-order valence-electron chi connectivity index (χ3n) is 2.22. The lowest BCUT2D eigenvalue weighted by atomic mass is 9.91. The second-order valence-corrected chi connectivity index (χ2v) is 5.29. The van der Waals surface area contributed by atoms with Crippen molar-refractivity contribution in [2.45, 2.75) is 33.6 Å². The van der Waals surface area contributed by atoms with Gasteiger partial charge >= 0.3 is 13.8 Å². The highest BCUT2D eigenvalue weighted by molar-refractivity contribution is 7.46. The summed E-state index contributed by atoms with van der Waals surface area (Å²) in [7, 11) is -4.41. The van der Waals surface area contributed by atoms with Crippen LogP contribution in [0.1, 0.15) is 33.6 Å². The van der Waals surface area contributed by atoms with Gasteiger partial charge in [-0.25, -0.2) is 4.57 Å². The van der Waals surface area contributed by atoms with Crippen LogP contribution in [0.15, 0.2) is 0 Å². The summed E-state index contributed by atoms with van der Waals surface area (Å²) in [5, 5.41) is 0. The van der Waals surface area contributed by atoms with Crippen molar-refractivity contribution in [3.63, 3.8) is 0 Å². The van der Waals surface area contributed by atoms with Gasteiger partial charge < -0.3 is 14.5 Å². The summed E-state index contributed by atoms with van der Waals surface area (Å²) < 4.78 is 19.4. The molecular formula is C9H19O6P. The summed E-state index contributed by atoms with van der Waals surface area (Å²) in [5.41, 5.74) is -0.524. The monoisotopic (exact) mass is 254 g/mol. The first-order valence-electron chi connectivity index (χ1n) is 5.06. The van der Waals surface area contributed by atoms with Gasteiger partial charge in [0.1, 0.15) is 0 Å². The second-order valence-electron chi connectivity index (χ2n) is 4.05. The summed E-state index contributed by atoms with van der Waals surface area (Å²) >= 11 is 0. The van der Waals surface area contributed by atoms with Gasteiger partial charge in [-0.1, -0.05) is 6.92 Å². The van der Waals surface area contributed by atoms with Crippen LogP contribution in [0.2, 0.25) is 0 Å². The lowest BCUT2D eigenvalue weighted by Crippen LogP contribution is -2.26. The zero-order valence-corrected chi connectivity index (χ0v) is 10.7. The minimum Gasteiger partial charge on any atom is -0.465 e. The Bertz CT molecular complexity index is 269. The maximum atomic E-state index is 11.4. The SMILES string of the molecule is CCC(C)(C)C(=O)OCCCOP(=O)(O)O. The molecule has 0 saturated heterocycles. The Labute approximate surface area is 95.2 Å². The Hall–Kier alpha value is -0.420. The van der Waals surface area contributed by atoms with E-state index in [-0.39, 0.29) is 25.6 Å². The molecule has 0 aromatic carbocycles. The van der Waals surface area contributed by atoms with E-state index in [1.807, 2.05) is 6.92 Å². The van der Waals surface area contributed by atoms with Crippen molar-refractivity contribution >= 4 is 13.8 Å². The molecule has 0 fully saturated rings. The van der Waals surface area contributed by atoms with E-state index >= 15 is 0 Å². The van der Waals surface area contributed by atoms with Gasteiger partial charge in [-0.15, -0.1) is 0 Å². The fraction of sp³-hybridized carbons (Fsp3) is 0.889. The quantitative estimate of drug-likeness (QED) is 0.406. The minimum atomic E-state index is -4.41. The molecule has 0 atom stereocenters. The normalized spacial score (nSPS) is 12.6. The van der Waals surface area contributed by atoms with Crippen molar-refractivity contribution in [3.05, 3.63) is 0 Å². The molecule has 7 heteroatoms. The number of carbonyl (C=O) groups excluding carboxylic acids is 1. The van der Waals surface area contributed by atoms with Crippen LogP contribution in [0, 0.1) is 5.41 Å². The van der Waals surface area contributed by atoms with Gasteiger partial charge in [0.05, 0.1) is 18.6 Å². The molecule has 0 aliphatic heterocycles. The molecule has 0 aromatic rings. The van der Waals surface area contributed by atoms with Gasteiger partial charge in [0.15, 0.2) is 0 Å². The topological polar surface area (TPSA) is 93.1 Å². The number of esters is 1. The number of ether oxygens (including phenoxy) is 1. The molecule has 0 radical (unpaired) electrons. The number of rotatable bonds is 7. The molecule has 0 saturated carbocycles. The van der Waals surface area contributed by atoms with Gasteiger partial charge in [-0.05, 0) is 20.3 Å². The summed E-state index contributed by atoms with van der Waals surface area (Å²) in [5.74, 6) is -0.314. The lowest BCUT2D eigenvalue weighted by Gasteiger charge is -2.20. The molecule has 0 unspecified atom stereocenters. The third-order valence-corrected chi connectivity index (χ3v) is 2.74. The van der Waals surface area contributed by atoms with E-state index in [0.717, 1.165) is 0 Å². The average molecular weight is 254 g/mol. The first kappa shape index (κ1) is 15.6. The van der Waals surface area contributed by atoms with Crippen molar-refractivity contribution in [1.82, 2.24) is 0 Å². The van der Waals surface area contributed by atoms with Crippen LogP contribution in [0.3, 0.4) is 0 Å². The van der Waals surface area contributed by atoms with Gasteiger partial charge in [-0.3, -0.25) is 9.32 Å². The van der Waals surface area contributed by atoms with Gasteiger partial charge in [-0.2, -0.15) is 0 Å². The molecule has 0 rings (SSSR count). The molecule has 0 spiro atoms. The van der Waals surface area contributed by atoms with Crippen LogP contribution in [-0.4, -0.2) is 29.0 Å². The predicted molar refractivity (Wildman–Crippen MR) is 57.6 cm³/mol. The summed E-state index contributed by atoms with van der Waals surface area (Å²) in [6.45, 7) is 5.41. The van der Waals surface area contributed by atoms with Crippen LogP contribution in [0.5, 0.6) is 0 Å². The Morgan fingerprint density at radius 1 is 1.31 bits per heavy atom. The standard InChI is InChI=1S/C9H19O6P/c1-4-9(2,3)8(10)14-6-5-7-15-16(11,12)13/h4-7H2,1-3H3,(H2,11,12,13). The van der Waals surface area contributed by atoms with E-state index in [1.165, 1.54) is 0 Å². The Balaban J connectivity index is 3.68. The number of hydrogen-bond donors (Lipinski definition) is 2. The molecule has 0 aromatic heterocycles. The molecule has 0 amide bonds.